The van der Waals surface area contributed by atoms with Gasteiger partial charge in [0.15, 0.2) is 5.96 Å². The third-order valence-corrected chi connectivity index (χ3v) is 3.48. The van der Waals surface area contributed by atoms with Crippen molar-refractivity contribution in [1.82, 2.24) is 0 Å². The predicted molar refractivity (Wildman–Crippen MR) is 121 cm³/mol. The Kier molecular flexibility index (Phi) is 8.68. The van der Waals surface area contributed by atoms with Crippen LogP contribution in [0.2, 0.25) is 0 Å². The average Bonchev–Trinajstić information content (AvgIpc) is 2.59. The SMILES string of the molecule is COc1ccc(OC)c(NC(N)=NCc2ccccc2OC(C)(C)C)c1.I. The molecular formula is C20H28IN3O3. The van der Waals surface area contributed by atoms with Crippen LogP contribution in [-0.2, 0) is 6.54 Å². The molecule has 6 nitrogen and oxygen atoms in total. The van der Waals surface area contributed by atoms with E-state index in [4.69, 9.17) is 19.9 Å². The minimum absolute atomic E-state index is 0. The second-order valence-corrected chi connectivity index (χ2v) is 6.71. The highest BCUT2D eigenvalue weighted by Gasteiger charge is 2.14. The van der Waals surface area contributed by atoms with Gasteiger partial charge in [-0.2, -0.15) is 0 Å². The van der Waals surface area contributed by atoms with Crippen molar-refractivity contribution < 1.29 is 14.2 Å². The molecule has 0 unspecified atom stereocenters. The largest absolute Gasteiger partial charge is 0.497 e. The molecule has 0 atom stereocenters. The quantitative estimate of drug-likeness (QED) is 0.360. The third-order valence-electron chi connectivity index (χ3n) is 3.48. The number of anilines is 1. The summed E-state index contributed by atoms with van der Waals surface area (Å²) in [6, 6.07) is 13.2. The summed E-state index contributed by atoms with van der Waals surface area (Å²) in [5, 5.41) is 3.06. The number of guanidine groups is 1. The predicted octanol–water partition coefficient (Wildman–Crippen LogP) is 4.43. The van der Waals surface area contributed by atoms with E-state index in [2.05, 4.69) is 10.3 Å². The highest BCUT2D eigenvalue weighted by molar-refractivity contribution is 14.0. The molecule has 0 spiro atoms. The van der Waals surface area contributed by atoms with Crippen LogP contribution in [0.25, 0.3) is 0 Å². The van der Waals surface area contributed by atoms with Crippen molar-refractivity contribution in [3.63, 3.8) is 0 Å². The number of nitrogens with two attached hydrogens (primary N) is 1. The Hall–Kier alpha value is -2.16. The number of ether oxygens (including phenoxy) is 3. The molecule has 0 saturated carbocycles. The van der Waals surface area contributed by atoms with Crippen LogP contribution in [0.1, 0.15) is 26.3 Å². The van der Waals surface area contributed by atoms with Crippen molar-refractivity contribution in [3.05, 3.63) is 48.0 Å². The summed E-state index contributed by atoms with van der Waals surface area (Å²) in [6.45, 7) is 6.44. The van der Waals surface area contributed by atoms with E-state index in [1.807, 2.05) is 51.1 Å². The summed E-state index contributed by atoms with van der Waals surface area (Å²) >= 11 is 0. The van der Waals surface area contributed by atoms with Crippen molar-refractivity contribution in [3.8, 4) is 17.2 Å². The van der Waals surface area contributed by atoms with E-state index in [0.29, 0.717) is 23.7 Å². The van der Waals surface area contributed by atoms with Crippen LogP contribution < -0.4 is 25.3 Å². The maximum atomic E-state index is 6.05. The molecule has 0 bridgehead atoms. The molecule has 0 aliphatic rings. The molecule has 2 rings (SSSR count). The first-order chi connectivity index (χ1) is 12.3. The first-order valence-corrected chi connectivity index (χ1v) is 8.38. The Morgan fingerprint density at radius 3 is 2.37 bits per heavy atom. The van der Waals surface area contributed by atoms with Crippen LogP contribution >= 0.6 is 24.0 Å². The van der Waals surface area contributed by atoms with E-state index in [9.17, 15) is 0 Å². The van der Waals surface area contributed by atoms with E-state index in [-0.39, 0.29) is 35.5 Å². The molecule has 0 radical (unpaired) electrons. The monoisotopic (exact) mass is 485 g/mol. The summed E-state index contributed by atoms with van der Waals surface area (Å²) in [5.74, 6) is 2.43. The summed E-state index contributed by atoms with van der Waals surface area (Å²) in [5.41, 5.74) is 7.42. The van der Waals surface area contributed by atoms with Gasteiger partial charge in [0, 0.05) is 11.6 Å². The molecule has 7 heteroatoms. The number of nitrogens with zero attached hydrogens (tertiary/aromatic N) is 1. The Balaban J connectivity index is 0.00000364. The van der Waals surface area contributed by atoms with Crippen molar-refractivity contribution in [2.24, 2.45) is 10.7 Å². The van der Waals surface area contributed by atoms with E-state index in [1.165, 1.54) is 0 Å². The molecule has 0 amide bonds. The number of nitrogens with one attached hydrogen (secondary N) is 1. The zero-order chi connectivity index (χ0) is 19.2. The smallest absolute Gasteiger partial charge is 0.193 e. The van der Waals surface area contributed by atoms with Crippen LogP contribution in [0.4, 0.5) is 5.69 Å². The van der Waals surface area contributed by atoms with Crippen molar-refractivity contribution in [2.75, 3.05) is 19.5 Å². The standard InChI is InChI=1S/C20H27N3O3.HI/c1-20(2,3)26-17-9-7-6-8-14(17)13-22-19(21)23-16-12-15(24-4)10-11-18(16)25-5;/h6-12H,13H2,1-5H3,(H3,21,22,23);1H. The first-order valence-electron chi connectivity index (χ1n) is 8.38. The fraction of sp³-hybridized carbons (Fsp3) is 0.350. The van der Waals surface area contributed by atoms with Gasteiger partial charge in [-0.1, -0.05) is 18.2 Å². The van der Waals surface area contributed by atoms with Gasteiger partial charge in [0.2, 0.25) is 0 Å². The molecule has 148 valence electrons. The molecule has 0 aliphatic carbocycles. The maximum Gasteiger partial charge on any atom is 0.193 e. The Morgan fingerprint density at radius 1 is 1.04 bits per heavy atom. The van der Waals surface area contributed by atoms with Gasteiger partial charge in [-0.25, -0.2) is 4.99 Å². The van der Waals surface area contributed by atoms with Crippen molar-refractivity contribution >= 4 is 35.6 Å². The van der Waals surface area contributed by atoms with Gasteiger partial charge in [0.1, 0.15) is 22.8 Å². The average molecular weight is 485 g/mol. The highest BCUT2D eigenvalue weighted by atomic mass is 127. The molecule has 0 fully saturated rings. The van der Waals surface area contributed by atoms with Crippen LogP contribution in [0.5, 0.6) is 17.2 Å². The van der Waals surface area contributed by atoms with Crippen LogP contribution in [0, 0.1) is 0 Å². The van der Waals surface area contributed by atoms with E-state index < -0.39 is 0 Å². The van der Waals surface area contributed by atoms with Gasteiger partial charge in [0.05, 0.1) is 26.5 Å². The Labute approximate surface area is 178 Å². The maximum absolute atomic E-state index is 6.05. The second-order valence-electron chi connectivity index (χ2n) is 6.71. The highest BCUT2D eigenvalue weighted by Crippen LogP contribution is 2.29. The molecule has 2 aromatic rings. The number of benzene rings is 2. The third kappa shape index (κ3) is 7.16. The number of hydrogen-bond donors (Lipinski definition) is 2. The summed E-state index contributed by atoms with van der Waals surface area (Å²) in [6.07, 6.45) is 0. The minimum Gasteiger partial charge on any atom is -0.497 e. The molecule has 2 aromatic carbocycles. The zero-order valence-corrected chi connectivity index (χ0v) is 18.7. The second kappa shape index (κ2) is 10.2. The van der Waals surface area contributed by atoms with Crippen LogP contribution in [-0.4, -0.2) is 25.8 Å². The van der Waals surface area contributed by atoms with Gasteiger partial charge < -0.3 is 25.3 Å². The number of aliphatic imine (C=N–C) groups is 1. The topological polar surface area (TPSA) is 78.1 Å². The lowest BCUT2D eigenvalue weighted by molar-refractivity contribution is 0.129. The zero-order valence-electron chi connectivity index (χ0n) is 16.4. The molecule has 27 heavy (non-hydrogen) atoms. The van der Waals surface area contributed by atoms with E-state index >= 15 is 0 Å². The molecule has 3 N–H and O–H groups in total. The fourth-order valence-electron chi connectivity index (χ4n) is 2.32. The molecular weight excluding hydrogens is 457 g/mol. The summed E-state index contributed by atoms with van der Waals surface area (Å²) in [7, 11) is 3.20. The number of rotatable bonds is 6. The number of halogens is 1. The Morgan fingerprint density at radius 2 is 1.74 bits per heavy atom. The molecule has 0 aromatic heterocycles. The van der Waals surface area contributed by atoms with E-state index in [1.54, 1.807) is 26.4 Å². The van der Waals surface area contributed by atoms with Crippen LogP contribution in [0.15, 0.2) is 47.5 Å². The normalized spacial score (nSPS) is 11.4. The van der Waals surface area contributed by atoms with Crippen LogP contribution in [0.3, 0.4) is 0 Å². The number of methoxy groups -OCH3 is 2. The van der Waals surface area contributed by atoms with Gasteiger partial charge in [-0.15, -0.1) is 24.0 Å². The molecule has 0 saturated heterocycles. The lowest BCUT2D eigenvalue weighted by Gasteiger charge is -2.23. The van der Waals surface area contributed by atoms with Crippen molar-refractivity contribution in [2.45, 2.75) is 32.9 Å². The lowest BCUT2D eigenvalue weighted by atomic mass is 10.1. The van der Waals surface area contributed by atoms with Gasteiger partial charge in [0.25, 0.3) is 0 Å². The minimum atomic E-state index is -0.280. The van der Waals surface area contributed by atoms with Gasteiger partial charge in [-0.3, -0.25) is 0 Å². The number of hydrogen-bond acceptors (Lipinski definition) is 4. The summed E-state index contributed by atoms with van der Waals surface area (Å²) < 4.78 is 16.6. The lowest BCUT2D eigenvalue weighted by Crippen LogP contribution is -2.24. The van der Waals surface area contributed by atoms with Gasteiger partial charge in [-0.05, 0) is 39.0 Å². The number of para-hydroxylation sites is 1. The first kappa shape index (κ1) is 22.9. The molecule has 0 aliphatic heterocycles. The van der Waals surface area contributed by atoms with Gasteiger partial charge >= 0.3 is 0 Å². The fourth-order valence-corrected chi connectivity index (χ4v) is 2.32. The summed E-state index contributed by atoms with van der Waals surface area (Å²) in [4.78, 5) is 4.42. The van der Waals surface area contributed by atoms with Crippen molar-refractivity contribution in [1.29, 1.82) is 0 Å². The van der Waals surface area contributed by atoms with E-state index in [0.717, 1.165) is 11.3 Å². The Bertz CT molecular complexity index is 773. The molecule has 0 heterocycles.